The van der Waals surface area contributed by atoms with Crippen LogP contribution in [0.5, 0.6) is 0 Å². The van der Waals surface area contributed by atoms with E-state index in [0.29, 0.717) is 18.7 Å². The standard InChI is InChI=1S/C12H15NO4S/c1-9(14)13-10-2-4-11(5-3-10)18(15,16)12-6-7-17-8-12/h2-5,12H,6-8H2,1H3,(H,13,14). The zero-order chi connectivity index (χ0) is 13.2. The van der Waals surface area contributed by atoms with Crippen LogP contribution in [0.2, 0.25) is 0 Å². The van der Waals surface area contributed by atoms with Crippen molar-refractivity contribution in [3.8, 4) is 0 Å². The summed E-state index contributed by atoms with van der Waals surface area (Å²) in [5.41, 5.74) is 0.587. The first-order chi connectivity index (χ1) is 8.50. The molecule has 18 heavy (non-hydrogen) atoms. The first-order valence-electron chi connectivity index (χ1n) is 5.69. The minimum absolute atomic E-state index is 0.185. The van der Waals surface area contributed by atoms with Crippen molar-refractivity contribution in [1.82, 2.24) is 0 Å². The van der Waals surface area contributed by atoms with Crippen LogP contribution in [0.3, 0.4) is 0 Å². The van der Waals surface area contributed by atoms with E-state index in [-0.39, 0.29) is 17.4 Å². The third-order valence-corrected chi connectivity index (χ3v) is 5.01. The molecule has 1 aliphatic heterocycles. The Bertz CT molecular complexity index is 530. The summed E-state index contributed by atoms with van der Waals surface area (Å²) in [4.78, 5) is 11.1. The Balaban J connectivity index is 2.20. The highest BCUT2D eigenvalue weighted by atomic mass is 32.2. The van der Waals surface area contributed by atoms with Gasteiger partial charge in [0.2, 0.25) is 5.91 Å². The number of hydrogen-bond donors (Lipinski definition) is 1. The maximum Gasteiger partial charge on any atom is 0.221 e. The Hall–Kier alpha value is -1.40. The van der Waals surface area contributed by atoms with Gasteiger partial charge in [0, 0.05) is 19.2 Å². The number of amides is 1. The summed E-state index contributed by atoms with van der Waals surface area (Å²) < 4.78 is 29.5. The number of carbonyl (C=O) groups is 1. The summed E-state index contributed by atoms with van der Waals surface area (Å²) in [7, 11) is -3.32. The molecule has 6 heteroatoms. The molecule has 0 bridgehead atoms. The minimum atomic E-state index is -3.32. The molecule has 1 aromatic carbocycles. The fraction of sp³-hybridized carbons (Fsp3) is 0.417. The molecule has 1 atom stereocenters. The molecule has 0 aromatic heterocycles. The van der Waals surface area contributed by atoms with Gasteiger partial charge in [-0.1, -0.05) is 0 Å². The predicted molar refractivity (Wildman–Crippen MR) is 67.2 cm³/mol. The smallest absolute Gasteiger partial charge is 0.221 e. The summed E-state index contributed by atoms with van der Waals surface area (Å²) in [5.74, 6) is -0.185. The number of carbonyl (C=O) groups excluding carboxylic acids is 1. The van der Waals surface area contributed by atoms with Crippen LogP contribution in [0.25, 0.3) is 0 Å². The maximum atomic E-state index is 12.2. The Morgan fingerprint density at radius 1 is 1.33 bits per heavy atom. The summed E-state index contributed by atoms with van der Waals surface area (Å²) >= 11 is 0. The molecule has 1 fully saturated rings. The zero-order valence-corrected chi connectivity index (χ0v) is 10.9. The van der Waals surface area contributed by atoms with Crippen molar-refractivity contribution in [2.24, 2.45) is 0 Å². The fourth-order valence-corrected chi connectivity index (χ4v) is 3.46. The first kappa shape index (κ1) is 13.0. The van der Waals surface area contributed by atoms with Crippen LogP contribution >= 0.6 is 0 Å². The third-order valence-electron chi connectivity index (χ3n) is 2.83. The van der Waals surface area contributed by atoms with Crippen LogP contribution < -0.4 is 5.32 Å². The molecule has 1 N–H and O–H groups in total. The molecule has 1 heterocycles. The predicted octanol–water partition coefficient (Wildman–Crippen LogP) is 1.21. The molecular weight excluding hydrogens is 254 g/mol. The van der Waals surface area contributed by atoms with Crippen molar-refractivity contribution in [2.45, 2.75) is 23.5 Å². The van der Waals surface area contributed by atoms with Gasteiger partial charge >= 0.3 is 0 Å². The van der Waals surface area contributed by atoms with Gasteiger partial charge in [0.15, 0.2) is 9.84 Å². The van der Waals surface area contributed by atoms with E-state index in [2.05, 4.69) is 5.32 Å². The lowest BCUT2D eigenvalue weighted by molar-refractivity contribution is -0.114. The van der Waals surface area contributed by atoms with Crippen LogP contribution in [0.4, 0.5) is 5.69 Å². The van der Waals surface area contributed by atoms with Crippen molar-refractivity contribution < 1.29 is 17.9 Å². The molecule has 1 aliphatic rings. The maximum absolute atomic E-state index is 12.2. The lowest BCUT2D eigenvalue weighted by atomic mass is 10.3. The number of hydrogen-bond acceptors (Lipinski definition) is 4. The quantitative estimate of drug-likeness (QED) is 0.895. The molecule has 1 saturated heterocycles. The van der Waals surface area contributed by atoms with E-state index in [9.17, 15) is 13.2 Å². The van der Waals surface area contributed by atoms with Crippen LogP contribution in [0.15, 0.2) is 29.2 Å². The van der Waals surface area contributed by atoms with Crippen molar-refractivity contribution in [3.05, 3.63) is 24.3 Å². The van der Waals surface area contributed by atoms with Gasteiger partial charge in [0.1, 0.15) is 0 Å². The van der Waals surface area contributed by atoms with Gasteiger partial charge in [-0.3, -0.25) is 4.79 Å². The molecule has 0 aliphatic carbocycles. The molecule has 0 radical (unpaired) electrons. The summed E-state index contributed by atoms with van der Waals surface area (Å²) in [5, 5.41) is 2.14. The van der Waals surface area contributed by atoms with Crippen molar-refractivity contribution in [3.63, 3.8) is 0 Å². The number of nitrogens with one attached hydrogen (secondary N) is 1. The fourth-order valence-electron chi connectivity index (χ4n) is 1.88. The number of sulfone groups is 1. The van der Waals surface area contributed by atoms with Crippen LogP contribution in [-0.2, 0) is 19.4 Å². The Morgan fingerprint density at radius 3 is 2.50 bits per heavy atom. The minimum Gasteiger partial charge on any atom is -0.380 e. The highest BCUT2D eigenvalue weighted by molar-refractivity contribution is 7.92. The van der Waals surface area contributed by atoms with Gasteiger partial charge in [-0.25, -0.2) is 8.42 Å². The number of anilines is 1. The average Bonchev–Trinajstić information content (AvgIpc) is 2.83. The van der Waals surface area contributed by atoms with Crippen LogP contribution in [0.1, 0.15) is 13.3 Å². The Morgan fingerprint density at radius 2 is 2.00 bits per heavy atom. The average molecular weight is 269 g/mol. The number of ether oxygens (including phenoxy) is 1. The monoisotopic (exact) mass is 269 g/mol. The van der Waals surface area contributed by atoms with Gasteiger partial charge in [-0.15, -0.1) is 0 Å². The first-order valence-corrected chi connectivity index (χ1v) is 7.24. The van der Waals surface area contributed by atoms with Gasteiger partial charge in [-0.2, -0.15) is 0 Å². The Labute approximate surface area is 106 Å². The van der Waals surface area contributed by atoms with E-state index in [0.717, 1.165) is 0 Å². The second kappa shape index (κ2) is 5.07. The van der Waals surface area contributed by atoms with E-state index in [4.69, 9.17) is 4.74 Å². The summed E-state index contributed by atoms with van der Waals surface area (Å²) in [6, 6.07) is 6.20. The van der Waals surface area contributed by atoms with Crippen molar-refractivity contribution >= 4 is 21.4 Å². The molecule has 1 unspecified atom stereocenters. The van der Waals surface area contributed by atoms with E-state index in [1.54, 1.807) is 12.1 Å². The normalized spacial score (nSPS) is 19.7. The lowest BCUT2D eigenvalue weighted by Crippen LogP contribution is -2.21. The van der Waals surface area contributed by atoms with Gasteiger partial charge in [0.25, 0.3) is 0 Å². The molecular formula is C12H15NO4S. The van der Waals surface area contributed by atoms with Gasteiger partial charge in [-0.05, 0) is 30.7 Å². The van der Waals surface area contributed by atoms with E-state index in [1.807, 2.05) is 0 Å². The molecule has 0 saturated carbocycles. The second-order valence-corrected chi connectivity index (χ2v) is 6.46. The topological polar surface area (TPSA) is 72.5 Å². The van der Waals surface area contributed by atoms with Crippen molar-refractivity contribution in [1.29, 1.82) is 0 Å². The molecule has 0 spiro atoms. The van der Waals surface area contributed by atoms with Gasteiger partial charge < -0.3 is 10.1 Å². The van der Waals surface area contributed by atoms with Crippen molar-refractivity contribution in [2.75, 3.05) is 18.5 Å². The van der Waals surface area contributed by atoms with E-state index < -0.39 is 15.1 Å². The number of benzene rings is 1. The molecule has 98 valence electrons. The SMILES string of the molecule is CC(=O)Nc1ccc(S(=O)(=O)C2CCOC2)cc1. The highest BCUT2D eigenvalue weighted by Gasteiger charge is 2.30. The largest absolute Gasteiger partial charge is 0.380 e. The summed E-state index contributed by atoms with van der Waals surface area (Å²) in [6.45, 7) is 2.16. The zero-order valence-electron chi connectivity index (χ0n) is 10.0. The molecule has 1 amide bonds. The van der Waals surface area contributed by atoms with E-state index in [1.165, 1.54) is 19.1 Å². The van der Waals surface area contributed by atoms with Crippen LogP contribution in [-0.4, -0.2) is 32.8 Å². The third kappa shape index (κ3) is 2.70. The van der Waals surface area contributed by atoms with Gasteiger partial charge in [0.05, 0.1) is 16.8 Å². The summed E-state index contributed by atoms with van der Waals surface area (Å²) in [6.07, 6.45) is 0.537. The lowest BCUT2D eigenvalue weighted by Gasteiger charge is -2.10. The van der Waals surface area contributed by atoms with E-state index >= 15 is 0 Å². The molecule has 1 aromatic rings. The molecule has 2 rings (SSSR count). The highest BCUT2D eigenvalue weighted by Crippen LogP contribution is 2.23. The number of rotatable bonds is 3. The van der Waals surface area contributed by atoms with Crippen LogP contribution in [0, 0.1) is 0 Å². The second-order valence-electron chi connectivity index (χ2n) is 4.24. The Kier molecular flexibility index (Phi) is 3.68. The molecule has 5 nitrogen and oxygen atoms in total.